The fraction of sp³-hybridized carbons (Fsp3) is 0.111. The van der Waals surface area contributed by atoms with E-state index in [9.17, 15) is 8.78 Å². The average molecular weight is 216 g/mol. The molecule has 2 rings (SSSR count). The Hall–Kier alpha value is -0.610. The Morgan fingerprint density at radius 2 is 2.08 bits per heavy atom. The molecule has 0 aliphatic carbocycles. The van der Waals surface area contributed by atoms with Gasteiger partial charge in [-0.25, -0.2) is 8.78 Å². The molecule has 1 aromatic carbocycles. The van der Waals surface area contributed by atoms with Crippen LogP contribution >= 0.6 is 23.1 Å². The van der Waals surface area contributed by atoms with Crippen molar-refractivity contribution in [3.05, 3.63) is 29.8 Å². The second kappa shape index (κ2) is 3.27. The third-order valence-corrected chi connectivity index (χ3v) is 3.97. The van der Waals surface area contributed by atoms with Gasteiger partial charge in [-0.1, -0.05) is 6.07 Å². The van der Waals surface area contributed by atoms with E-state index in [4.69, 9.17) is 0 Å². The average Bonchev–Trinajstić information content (AvgIpc) is 2.55. The molecule has 0 N–H and O–H groups in total. The maximum Gasteiger partial charge on any atom is 0.176 e. The summed E-state index contributed by atoms with van der Waals surface area (Å²) in [5.74, 6) is -1.51. The molecule has 4 heteroatoms. The van der Waals surface area contributed by atoms with Gasteiger partial charge in [0.25, 0.3) is 0 Å². The third-order valence-electron chi connectivity index (χ3n) is 1.76. The Kier molecular flexibility index (Phi) is 2.26. The smallest absolute Gasteiger partial charge is 0.176 e. The lowest BCUT2D eigenvalue weighted by Gasteiger charge is -1.92. The minimum absolute atomic E-state index is 0.407. The van der Waals surface area contributed by atoms with Crippen LogP contribution in [0.1, 0.15) is 0 Å². The quantitative estimate of drug-likeness (QED) is 0.651. The lowest BCUT2D eigenvalue weighted by atomic mass is 10.2. The van der Waals surface area contributed by atoms with Gasteiger partial charge in [-0.2, -0.15) is 0 Å². The first-order valence-electron chi connectivity index (χ1n) is 3.64. The molecule has 0 spiro atoms. The van der Waals surface area contributed by atoms with E-state index < -0.39 is 11.6 Å². The predicted octanol–water partition coefficient (Wildman–Crippen LogP) is 3.90. The van der Waals surface area contributed by atoms with Gasteiger partial charge in [-0.3, -0.25) is 0 Å². The Morgan fingerprint density at radius 1 is 1.31 bits per heavy atom. The van der Waals surface area contributed by atoms with E-state index in [0.717, 1.165) is 15.7 Å². The van der Waals surface area contributed by atoms with E-state index >= 15 is 0 Å². The van der Waals surface area contributed by atoms with E-state index in [0.29, 0.717) is 4.70 Å². The number of benzene rings is 1. The van der Waals surface area contributed by atoms with Gasteiger partial charge in [-0.15, -0.1) is 23.1 Å². The zero-order valence-corrected chi connectivity index (χ0v) is 8.44. The lowest BCUT2D eigenvalue weighted by Crippen LogP contribution is -1.80. The highest BCUT2D eigenvalue weighted by atomic mass is 32.2. The van der Waals surface area contributed by atoms with E-state index in [1.165, 1.54) is 23.1 Å². The summed E-state index contributed by atoms with van der Waals surface area (Å²) in [5.41, 5.74) is 0. The molecule has 0 saturated carbocycles. The SMILES string of the molecule is CSc1cc2ccc(F)c(F)c2s1. The number of rotatable bonds is 1. The molecule has 0 aliphatic rings. The van der Waals surface area contributed by atoms with E-state index in [1.54, 1.807) is 6.07 Å². The Balaban J connectivity index is 2.76. The molecular formula is C9H6F2S2. The van der Waals surface area contributed by atoms with Crippen LogP contribution in [0.2, 0.25) is 0 Å². The van der Waals surface area contributed by atoms with Gasteiger partial charge in [0.2, 0.25) is 0 Å². The first-order chi connectivity index (χ1) is 6.22. The van der Waals surface area contributed by atoms with Crippen LogP contribution in [0.15, 0.2) is 22.4 Å². The zero-order valence-electron chi connectivity index (χ0n) is 6.80. The first kappa shape index (κ1) is 8.97. The number of hydrogen-bond donors (Lipinski definition) is 0. The van der Waals surface area contributed by atoms with Gasteiger partial charge < -0.3 is 0 Å². The maximum absolute atomic E-state index is 13.2. The van der Waals surface area contributed by atoms with Crippen molar-refractivity contribution in [3.8, 4) is 0 Å². The molecular weight excluding hydrogens is 210 g/mol. The van der Waals surface area contributed by atoms with Crippen molar-refractivity contribution >= 4 is 33.2 Å². The fourth-order valence-electron chi connectivity index (χ4n) is 1.12. The van der Waals surface area contributed by atoms with Crippen LogP contribution in [0.3, 0.4) is 0 Å². The molecule has 1 aromatic heterocycles. The highest BCUT2D eigenvalue weighted by Gasteiger charge is 2.09. The van der Waals surface area contributed by atoms with E-state index in [-0.39, 0.29) is 0 Å². The number of fused-ring (bicyclic) bond motifs is 1. The maximum atomic E-state index is 13.2. The van der Waals surface area contributed by atoms with Crippen LogP contribution in [0, 0.1) is 11.6 Å². The standard InChI is InChI=1S/C9H6F2S2/c1-12-7-4-5-2-3-6(10)8(11)9(5)13-7/h2-4H,1H3. The molecule has 0 unspecified atom stereocenters. The monoisotopic (exact) mass is 216 g/mol. The van der Waals surface area contributed by atoms with Crippen molar-refractivity contribution in [1.29, 1.82) is 0 Å². The molecule has 0 aliphatic heterocycles. The van der Waals surface area contributed by atoms with E-state index in [1.807, 2.05) is 12.3 Å². The highest BCUT2D eigenvalue weighted by molar-refractivity contribution is 8.00. The highest BCUT2D eigenvalue weighted by Crippen LogP contribution is 2.33. The number of halogens is 2. The molecule has 0 amide bonds. The zero-order chi connectivity index (χ0) is 9.42. The third kappa shape index (κ3) is 1.44. The topological polar surface area (TPSA) is 0 Å². The molecule has 0 radical (unpaired) electrons. The van der Waals surface area contributed by atoms with Gasteiger partial charge in [0.05, 0.1) is 8.91 Å². The lowest BCUT2D eigenvalue weighted by molar-refractivity contribution is 0.518. The van der Waals surface area contributed by atoms with Crippen molar-refractivity contribution in [2.24, 2.45) is 0 Å². The Morgan fingerprint density at radius 3 is 2.77 bits per heavy atom. The minimum Gasteiger partial charge on any atom is -0.204 e. The second-order valence-corrected chi connectivity index (χ2v) is 4.71. The fourth-order valence-corrected chi connectivity index (χ4v) is 2.77. The van der Waals surface area contributed by atoms with Crippen LogP contribution in [-0.4, -0.2) is 6.26 Å². The molecule has 0 nitrogen and oxygen atoms in total. The predicted molar refractivity (Wildman–Crippen MR) is 53.5 cm³/mol. The van der Waals surface area contributed by atoms with Gasteiger partial charge in [0.1, 0.15) is 0 Å². The van der Waals surface area contributed by atoms with Gasteiger partial charge >= 0.3 is 0 Å². The van der Waals surface area contributed by atoms with Crippen molar-refractivity contribution < 1.29 is 8.78 Å². The normalized spacial score (nSPS) is 11.0. The van der Waals surface area contributed by atoms with Crippen molar-refractivity contribution in [1.82, 2.24) is 0 Å². The molecule has 0 saturated heterocycles. The van der Waals surface area contributed by atoms with Crippen LogP contribution < -0.4 is 0 Å². The molecule has 0 bridgehead atoms. The van der Waals surface area contributed by atoms with Crippen LogP contribution in [0.4, 0.5) is 8.78 Å². The van der Waals surface area contributed by atoms with Gasteiger partial charge in [0, 0.05) is 0 Å². The number of thiophene rings is 1. The summed E-state index contributed by atoms with van der Waals surface area (Å²) in [6.45, 7) is 0. The summed E-state index contributed by atoms with van der Waals surface area (Å²) in [5, 5.41) is 0.772. The van der Waals surface area contributed by atoms with Gasteiger partial charge in [-0.05, 0) is 23.8 Å². The molecule has 1 heterocycles. The molecule has 13 heavy (non-hydrogen) atoms. The molecule has 2 aromatic rings. The summed E-state index contributed by atoms with van der Waals surface area (Å²) in [7, 11) is 0. The van der Waals surface area contributed by atoms with Crippen molar-refractivity contribution in [2.75, 3.05) is 6.26 Å². The van der Waals surface area contributed by atoms with Crippen molar-refractivity contribution in [2.45, 2.75) is 4.21 Å². The minimum atomic E-state index is -0.776. The molecule has 68 valence electrons. The Bertz CT molecular complexity index is 448. The summed E-state index contributed by atoms with van der Waals surface area (Å²) >= 11 is 2.82. The molecule has 0 atom stereocenters. The summed E-state index contributed by atoms with van der Waals surface area (Å²) < 4.78 is 27.4. The molecule has 0 fully saturated rings. The van der Waals surface area contributed by atoms with E-state index in [2.05, 4.69) is 0 Å². The van der Waals surface area contributed by atoms with Crippen LogP contribution in [-0.2, 0) is 0 Å². The largest absolute Gasteiger partial charge is 0.204 e. The first-order valence-corrected chi connectivity index (χ1v) is 5.68. The number of hydrogen-bond acceptors (Lipinski definition) is 2. The number of thioether (sulfide) groups is 1. The van der Waals surface area contributed by atoms with Crippen LogP contribution in [0.25, 0.3) is 10.1 Å². The van der Waals surface area contributed by atoms with Crippen LogP contribution in [0.5, 0.6) is 0 Å². The summed E-state index contributed by atoms with van der Waals surface area (Å²) in [6, 6.07) is 4.63. The second-order valence-electron chi connectivity index (χ2n) is 2.55. The van der Waals surface area contributed by atoms with Gasteiger partial charge in [0.15, 0.2) is 11.6 Å². The summed E-state index contributed by atoms with van der Waals surface area (Å²) in [6.07, 6.45) is 1.92. The Labute approximate surface area is 82.6 Å². The summed E-state index contributed by atoms with van der Waals surface area (Å²) in [4.78, 5) is 0. The van der Waals surface area contributed by atoms with Crippen molar-refractivity contribution in [3.63, 3.8) is 0 Å².